The van der Waals surface area contributed by atoms with Crippen molar-refractivity contribution in [3.05, 3.63) is 36.2 Å². The van der Waals surface area contributed by atoms with Crippen LogP contribution in [0.5, 0.6) is 0 Å². The number of hydrogen-bond acceptors (Lipinski definition) is 2. The number of nitrogens with one attached hydrogen (secondary N) is 1. The fourth-order valence-electron chi connectivity index (χ4n) is 1.82. The van der Waals surface area contributed by atoms with Crippen LogP contribution in [0, 0.1) is 0 Å². The maximum absolute atomic E-state index is 11.0. The van der Waals surface area contributed by atoms with Crippen LogP contribution in [0.1, 0.15) is 13.3 Å². The molecule has 1 heterocycles. The molecule has 1 aromatic carbocycles. The Morgan fingerprint density at radius 3 is 2.94 bits per heavy atom. The molecule has 0 spiro atoms. The van der Waals surface area contributed by atoms with Gasteiger partial charge in [-0.15, -0.1) is 0 Å². The molecule has 0 aliphatic carbocycles. The molecule has 1 unspecified atom stereocenters. The van der Waals surface area contributed by atoms with Gasteiger partial charge in [0.2, 0.25) is 5.91 Å². The predicted molar refractivity (Wildman–Crippen MR) is 73.3 cm³/mol. The highest BCUT2D eigenvalue weighted by Gasteiger charge is 2.19. The highest BCUT2D eigenvalue weighted by molar-refractivity contribution is 8.19. The van der Waals surface area contributed by atoms with E-state index in [9.17, 15) is 4.79 Å². The molecule has 0 bridgehead atoms. The van der Waals surface area contributed by atoms with Gasteiger partial charge in [0, 0.05) is 18.6 Å². The van der Waals surface area contributed by atoms with Crippen LogP contribution in [0.2, 0.25) is 0 Å². The van der Waals surface area contributed by atoms with Crippen molar-refractivity contribution in [1.29, 1.82) is 0 Å². The number of amides is 1. The van der Waals surface area contributed by atoms with E-state index in [0.29, 0.717) is 0 Å². The van der Waals surface area contributed by atoms with Gasteiger partial charge >= 0.3 is 0 Å². The van der Waals surface area contributed by atoms with Crippen molar-refractivity contribution in [3.8, 4) is 0 Å². The van der Waals surface area contributed by atoms with Crippen LogP contribution in [0.25, 0.3) is 0 Å². The van der Waals surface area contributed by atoms with E-state index >= 15 is 0 Å². The fraction of sp³-hybridized carbons (Fsp3) is 0.250. The Balaban J connectivity index is 2.32. The Bertz CT molecular complexity index is 496. The molecule has 0 aromatic heterocycles. The van der Waals surface area contributed by atoms with Crippen molar-refractivity contribution in [3.63, 3.8) is 0 Å². The summed E-state index contributed by atoms with van der Waals surface area (Å²) in [6, 6.07) is 6.45. The Morgan fingerprint density at radius 1 is 1.50 bits per heavy atom. The van der Waals surface area contributed by atoms with Gasteiger partial charge in [-0.2, -0.15) is 0 Å². The number of benzene rings is 1. The number of allylic oxidation sites excluding steroid dienone is 1. The lowest BCUT2D eigenvalue weighted by Gasteiger charge is -2.15. The molecular weight excluding hydrogens is 237 g/mol. The van der Waals surface area contributed by atoms with Gasteiger partial charge in [0.05, 0.1) is 0 Å². The van der Waals surface area contributed by atoms with E-state index in [4.69, 9.17) is 11.8 Å². The third kappa shape index (κ3) is 2.42. The molecule has 1 N–H and O–H groups in total. The lowest BCUT2D eigenvalue weighted by Crippen LogP contribution is -2.09. The molecule has 16 heavy (non-hydrogen) atoms. The quantitative estimate of drug-likeness (QED) is 0.819. The molecule has 0 saturated heterocycles. The lowest BCUT2D eigenvalue weighted by molar-refractivity contribution is -0.114. The van der Waals surface area contributed by atoms with Crippen molar-refractivity contribution in [2.45, 2.75) is 13.3 Å². The predicted octanol–water partition coefficient (Wildman–Crippen LogP) is 2.67. The second kappa shape index (κ2) is 4.52. The van der Waals surface area contributed by atoms with Crippen molar-refractivity contribution in [2.75, 3.05) is 11.5 Å². The van der Waals surface area contributed by atoms with Gasteiger partial charge in [-0.25, -0.2) is 0 Å². The number of carbonyl (C=O) groups excluding carboxylic acids is 1. The van der Waals surface area contributed by atoms with Crippen molar-refractivity contribution < 1.29 is 4.79 Å². The van der Waals surface area contributed by atoms with Gasteiger partial charge in [0.1, 0.15) is 0 Å². The number of anilines is 1. The second-order valence-corrected chi connectivity index (χ2v) is 8.73. The van der Waals surface area contributed by atoms with Gasteiger partial charge in [-0.3, -0.25) is 4.79 Å². The van der Waals surface area contributed by atoms with Gasteiger partial charge in [-0.05, 0) is 30.0 Å². The summed E-state index contributed by atoms with van der Waals surface area (Å²) in [6.45, 7) is 1.51. The standard InChI is InChI=1S/C12H14NOPS/c1-10(14)13-11-5-4-6-12(9-11)15(16)7-2-3-8-15/h2,4-7,9H,3,8H2,1H3,(H,13,14). The summed E-state index contributed by atoms with van der Waals surface area (Å²) in [7, 11) is 0. The Kier molecular flexibility index (Phi) is 3.27. The lowest BCUT2D eigenvalue weighted by atomic mass is 10.3. The van der Waals surface area contributed by atoms with E-state index in [0.717, 1.165) is 18.3 Å². The second-order valence-electron chi connectivity index (χ2n) is 3.92. The molecule has 0 fully saturated rings. The summed E-state index contributed by atoms with van der Waals surface area (Å²) in [4.78, 5) is 11.0. The zero-order valence-corrected chi connectivity index (χ0v) is 10.9. The first-order valence-corrected chi connectivity index (χ1v) is 8.30. The van der Waals surface area contributed by atoms with Crippen LogP contribution in [0.4, 0.5) is 5.69 Å². The van der Waals surface area contributed by atoms with Crippen LogP contribution in [0.15, 0.2) is 36.2 Å². The summed E-state index contributed by atoms with van der Waals surface area (Å²) in [5.74, 6) is 2.14. The SMILES string of the molecule is CC(=O)Nc1cccc(P2(=S)C=CCC2)c1. The molecule has 84 valence electrons. The van der Waals surface area contributed by atoms with Crippen molar-refractivity contribution in [2.24, 2.45) is 0 Å². The van der Waals surface area contributed by atoms with Crippen LogP contribution < -0.4 is 10.6 Å². The van der Waals surface area contributed by atoms with Gasteiger partial charge < -0.3 is 5.32 Å². The van der Waals surface area contributed by atoms with Gasteiger partial charge in [-0.1, -0.05) is 35.8 Å². The average molecular weight is 251 g/mol. The Hall–Kier alpha value is -0.920. The summed E-state index contributed by atoms with van der Waals surface area (Å²) < 4.78 is 0. The largest absolute Gasteiger partial charge is 0.326 e. The van der Waals surface area contributed by atoms with E-state index in [1.165, 1.54) is 12.2 Å². The first-order valence-electron chi connectivity index (χ1n) is 5.25. The topological polar surface area (TPSA) is 29.1 Å². The van der Waals surface area contributed by atoms with Gasteiger partial charge in [0.15, 0.2) is 0 Å². The van der Waals surface area contributed by atoms with Crippen LogP contribution in [-0.4, -0.2) is 12.1 Å². The Morgan fingerprint density at radius 2 is 2.31 bits per heavy atom. The molecule has 0 saturated carbocycles. The number of rotatable bonds is 2. The molecule has 0 radical (unpaired) electrons. The summed E-state index contributed by atoms with van der Waals surface area (Å²) in [5, 5.41) is 3.99. The number of carbonyl (C=O) groups is 1. The molecule has 1 amide bonds. The van der Waals surface area contributed by atoms with Crippen LogP contribution in [0.3, 0.4) is 0 Å². The maximum atomic E-state index is 11.0. The minimum atomic E-state index is -1.49. The summed E-state index contributed by atoms with van der Waals surface area (Å²) in [5.41, 5.74) is 0.842. The van der Waals surface area contributed by atoms with E-state index in [2.05, 4.69) is 23.3 Å². The van der Waals surface area contributed by atoms with Crippen molar-refractivity contribution in [1.82, 2.24) is 0 Å². The van der Waals surface area contributed by atoms with E-state index in [1.54, 1.807) is 0 Å². The minimum Gasteiger partial charge on any atom is -0.326 e. The highest BCUT2D eigenvalue weighted by Crippen LogP contribution is 2.51. The summed E-state index contributed by atoms with van der Waals surface area (Å²) >= 11 is 5.72. The molecule has 4 heteroatoms. The molecule has 1 aromatic rings. The van der Waals surface area contributed by atoms with E-state index in [-0.39, 0.29) is 5.91 Å². The molecule has 1 aliphatic heterocycles. The molecule has 1 aliphatic rings. The zero-order valence-electron chi connectivity index (χ0n) is 9.14. The summed E-state index contributed by atoms with van der Waals surface area (Å²) in [6.07, 6.45) is 4.33. The average Bonchev–Trinajstić information content (AvgIpc) is 2.66. The smallest absolute Gasteiger partial charge is 0.221 e. The van der Waals surface area contributed by atoms with E-state index in [1.807, 2.05) is 18.2 Å². The minimum absolute atomic E-state index is 0.0455. The Labute approximate surface area is 101 Å². The first-order chi connectivity index (χ1) is 7.60. The first kappa shape index (κ1) is 11.6. The molecule has 1 atom stereocenters. The van der Waals surface area contributed by atoms with Crippen molar-refractivity contribution >= 4 is 34.7 Å². The number of hydrogen-bond donors (Lipinski definition) is 1. The highest BCUT2D eigenvalue weighted by atomic mass is 32.4. The fourth-order valence-corrected chi connectivity index (χ4v) is 5.04. The maximum Gasteiger partial charge on any atom is 0.221 e. The molecule has 2 rings (SSSR count). The third-order valence-electron chi connectivity index (χ3n) is 2.58. The monoisotopic (exact) mass is 251 g/mol. The molecule has 2 nitrogen and oxygen atoms in total. The van der Waals surface area contributed by atoms with Crippen LogP contribution >= 0.6 is 6.04 Å². The normalized spacial score (nSPS) is 23.3. The van der Waals surface area contributed by atoms with Crippen LogP contribution in [-0.2, 0) is 16.6 Å². The zero-order chi connectivity index (χ0) is 11.6. The molecular formula is C12H14NOPS. The van der Waals surface area contributed by atoms with Gasteiger partial charge in [0.25, 0.3) is 0 Å². The third-order valence-corrected chi connectivity index (χ3v) is 6.89. The van der Waals surface area contributed by atoms with E-state index < -0.39 is 6.04 Å².